The summed E-state index contributed by atoms with van der Waals surface area (Å²) in [6.07, 6.45) is 0.439. The van der Waals surface area contributed by atoms with E-state index in [1.165, 1.54) is 6.07 Å². The third-order valence-electron chi connectivity index (χ3n) is 2.88. The second-order valence-corrected chi connectivity index (χ2v) is 4.42. The third kappa shape index (κ3) is 4.85. The summed E-state index contributed by atoms with van der Waals surface area (Å²) in [4.78, 5) is 4.04. The standard InChI is InChI=1S/C14H21F2N3/c1-10-5-6-12(9-13(10)16)11(2)19-14(17-3)18-8-4-7-15/h5-6,9,11H,4,7-8H2,1-3H3,(H2,17,18,19). The molecule has 1 aromatic carbocycles. The van der Waals surface area contributed by atoms with Gasteiger partial charge in [0.05, 0.1) is 12.7 Å². The van der Waals surface area contributed by atoms with Crippen molar-refractivity contribution in [2.75, 3.05) is 20.3 Å². The zero-order valence-corrected chi connectivity index (χ0v) is 11.6. The second-order valence-electron chi connectivity index (χ2n) is 4.42. The van der Waals surface area contributed by atoms with E-state index in [-0.39, 0.29) is 18.5 Å². The first kappa shape index (κ1) is 15.4. The number of nitrogens with one attached hydrogen (secondary N) is 2. The van der Waals surface area contributed by atoms with Gasteiger partial charge in [-0.1, -0.05) is 12.1 Å². The van der Waals surface area contributed by atoms with E-state index in [0.29, 0.717) is 24.5 Å². The van der Waals surface area contributed by atoms with Crippen molar-refractivity contribution < 1.29 is 8.78 Å². The molecule has 1 rings (SSSR count). The van der Waals surface area contributed by atoms with Crippen molar-refractivity contribution in [3.63, 3.8) is 0 Å². The van der Waals surface area contributed by atoms with Gasteiger partial charge in [0.15, 0.2) is 5.96 Å². The number of guanidine groups is 1. The number of nitrogens with zero attached hydrogens (tertiary/aromatic N) is 1. The van der Waals surface area contributed by atoms with Crippen LogP contribution in [0.2, 0.25) is 0 Å². The van der Waals surface area contributed by atoms with Crippen LogP contribution < -0.4 is 10.6 Å². The van der Waals surface area contributed by atoms with Gasteiger partial charge in [-0.3, -0.25) is 9.38 Å². The number of alkyl halides is 1. The van der Waals surface area contributed by atoms with Gasteiger partial charge in [-0.15, -0.1) is 0 Å². The predicted molar refractivity (Wildman–Crippen MR) is 74.6 cm³/mol. The summed E-state index contributed by atoms with van der Waals surface area (Å²) in [7, 11) is 1.65. The van der Waals surface area contributed by atoms with Gasteiger partial charge >= 0.3 is 0 Å². The molecule has 2 N–H and O–H groups in total. The maximum Gasteiger partial charge on any atom is 0.191 e. The summed E-state index contributed by atoms with van der Waals surface area (Å²) in [5.41, 5.74) is 1.47. The zero-order chi connectivity index (χ0) is 14.3. The molecule has 0 amide bonds. The number of aryl methyl sites for hydroxylation is 1. The largest absolute Gasteiger partial charge is 0.356 e. The summed E-state index contributed by atoms with van der Waals surface area (Å²) in [5.74, 6) is 0.369. The molecule has 0 aromatic heterocycles. The highest BCUT2D eigenvalue weighted by atomic mass is 19.1. The second kappa shape index (κ2) is 7.71. The first-order valence-electron chi connectivity index (χ1n) is 6.37. The van der Waals surface area contributed by atoms with Crippen molar-refractivity contribution in [2.24, 2.45) is 4.99 Å². The normalized spacial score (nSPS) is 13.2. The summed E-state index contributed by atoms with van der Waals surface area (Å²) >= 11 is 0. The summed E-state index contributed by atoms with van der Waals surface area (Å²) < 4.78 is 25.5. The number of benzene rings is 1. The Morgan fingerprint density at radius 2 is 2.16 bits per heavy atom. The highest BCUT2D eigenvalue weighted by Crippen LogP contribution is 2.16. The Morgan fingerprint density at radius 3 is 2.74 bits per heavy atom. The Morgan fingerprint density at radius 1 is 1.42 bits per heavy atom. The van der Waals surface area contributed by atoms with Crippen molar-refractivity contribution in [1.29, 1.82) is 0 Å². The molecule has 1 atom stereocenters. The molecule has 0 bridgehead atoms. The minimum Gasteiger partial charge on any atom is -0.356 e. The van der Waals surface area contributed by atoms with Crippen LogP contribution in [0.4, 0.5) is 8.78 Å². The van der Waals surface area contributed by atoms with Crippen LogP contribution in [0.3, 0.4) is 0 Å². The smallest absolute Gasteiger partial charge is 0.191 e. The fraction of sp³-hybridized carbons (Fsp3) is 0.500. The maximum absolute atomic E-state index is 13.5. The topological polar surface area (TPSA) is 36.4 Å². The average Bonchev–Trinajstić information content (AvgIpc) is 2.40. The van der Waals surface area contributed by atoms with E-state index in [2.05, 4.69) is 15.6 Å². The van der Waals surface area contributed by atoms with Crippen molar-refractivity contribution in [3.8, 4) is 0 Å². The van der Waals surface area contributed by atoms with Crippen LogP contribution in [-0.4, -0.2) is 26.2 Å². The van der Waals surface area contributed by atoms with Crippen LogP contribution >= 0.6 is 0 Å². The van der Waals surface area contributed by atoms with E-state index in [1.54, 1.807) is 20.0 Å². The average molecular weight is 269 g/mol. The fourth-order valence-corrected chi connectivity index (χ4v) is 1.64. The Labute approximate surface area is 113 Å². The van der Waals surface area contributed by atoms with Gasteiger partial charge in [-0.25, -0.2) is 4.39 Å². The van der Waals surface area contributed by atoms with Crippen molar-refractivity contribution >= 4 is 5.96 Å². The molecular formula is C14H21F2N3. The summed E-state index contributed by atoms with van der Waals surface area (Å²) in [6.45, 7) is 3.81. The molecule has 5 heteroatoms. The lowest BCUT2D eigenvalue weighted by molar-refractivity contribution is 0.470. The lowest BCUT2D eigenvalue weighted by Gasteiger charge is -2.18. The van der Waals surface area contributed by atoms with E-state index < -0.39 is 0 Å². The summed E-state index contributed by atoms with van der Waals surface area (Å²) in [6, 6.07) is 5.07. The van der Waals surface area contributed by atoms with Crippen molar-refractivity contribution in [2.45, 2.75) is 26.3 Å². The number of halogens is 2. The molecule has 0 heterocycles. The lowest BCUT2D eigenvalue weighted by atomic mass is 10.1. The van der Waals surface area contributed by atoms with E-state index >= 15 is 0 Å². The number of hydrogen-bond donors (Lipinski definition) is 2. The molecule has 0 aliphatic heterocycles. The molecule has 0 saturated carbocycles. The van der Waals surface area contributed by atoms with Crippen LogP contribution in [0.15, 0.2) is 23.2 Å². The Balaban J connectivity index is 2.61. The molecule has 0 fully saturated rings. The Hall–Kier alpha value is -1.65. The SMILES string of the molecule is CN=C(NCCCF)NC(C)c1ccc(C)c(F)c1. The number of rotatable bonds is 5. The maximum atomic E-state index is 13.5. The molecule has 19 heavy (non-hydrogen) atoms. The molecule has 1 aromatic rings. The minimum absolute atomic E-state index is 0.0772. The van der Waals surface area contributed by atoms with Gasteiger partial charge in [0.2, 0.25) is 0 Å². The summed E-state index contributed by atoms with van der Waals surface area (Å²) in [5, 5.41) is 6.14. The van der Waals surface area contributed by atoms with Gasteiger partial charge in [0.1, 0.15) is 5.82 Å². The molecule has 0 aliphatic rings. The first-order chi connectivity index (χ1) is 9.08. The molecule has 106 valence electrons. The van der Waals surface area contributed by atoms with E-state index in [9.17, 15) is 8.78 Å². The molecule has 3 nitrogen and oxygen atoms in total. The van der Waals surface area contributed by atoms with Crippen LogP contribution in [-0.2, 0) is 0 Å². The van der Waals surface area contributed by atoms with E-state index in [1.807, 2.05) is 13.0 Å². The molecule has 0 aliphatic carbocycles. The first-order valence-corrected chi connectivity index (χ1v) is 6.37. The highest BCUT2D eigenvalue weighted by molar-refractivity contribution is 5.80. The Kier molecular flexibility index (Phi) is 6.25. The predicted octanol–water partition coefficient (Wildman–Crippen LogP) is 2.72. The minimum atomic E-state index is -0.358. The molecule has 0 radical (unpaired) electrons. The van der Waals surface area contributed by atoms with Gasteiger partial charge in [-0.05, 0) is 37.5 Å². The van der Waals surface area contributed by atoms with Crippen molar-refractivity contribution in [3.05, 3.63) is 35.1 Å². The van der Waals surface area contributed by atoms with Crippen LogP contribution in [0, 0.1) is 12.7 Å². The molecular weight excluding hydrogens is 248 g/mol. The van der Waals surface area contributed by atoms with Gasteiger partial charge in [0, 0.05) is 13.6 Å². The van der Waals surface area contributed by atoms with Gasteiger partial charge < -0.3 is 10.6 Å². The van der Waals surface area contributed by atoms with Crippen molar-refractivity contribution in [1.82, 2.24) is 10.6 Å². The monoisotopic (exact) mass is 269 g/mol. The zero-order valence-electron chi connectivity index (χ0n) is 11.6. The highest BCUT2D eigenvalue weighted by Gasteiger charge is 2.09. The van der Waals surface area contributed by atoms with Crippen LogP contribution in [0.5, 0.6) is 0 Å². The Bertz CT molecular complexity index is 433. The van der Waals surface area contributed by atoms with Crippen LogP contribution in [0.25, 0.3) is 0 Å². The lowest BCUT2D eigenvalue weighted by Crippen LogP contribution is -2.39. The van der Waals surface area contributed by atoms with Gasteiger partial charge in [-0.2, -0.15) is 0 Å². The number of hydrogen-bond acceptors (Lipinski definition) is 1. The van der Waals surface area contributed by atoms with Gasteiger partial charge in [0.25, 0.3) is 0 Å². The molecule has 1 unspecified atom stereocenters. The van der Waals surface area contributed by atoms with Crippen LogP contribution in [0.1, 0.15) is 30.5 Å². The number of aliphatic imine (C=N–C) groups is 1. The van der Waals surface area contributed by atoms with E-state index in [4.69, 9.17) is 0 Å². The molecule has 0 saturated heterocycles. The third-order valence-corrected chi connectivity index (χ3v) is 2.88. The van der Waals surface area contributed by atoms with E-state index in [0.717, 1.165) is 5.56 Å². The molecule has 0 spiro atoms. The fourth-order valence-electron chi connectivity index (χ4n) is 1.64. The quantitative estimate of drug-likeness (QED) is 0.490.